The number of halogens is 4. The summed E-state index contributed by atoms with van der Waals surface area (Å²) in [4.78, 5) is 0. The second-order valence-corrected chi connectivity index (χ2v) is 19.7. The van der Waals surface area contributed by atoms with Crippen molar-refractivity contribution in [3.63, 3.8) is 0 Å². The molecule has 12 heteroatoms. The standard InChI is InChI=1S/C12H22O.C11H19ClNOP.C2H7N.CH4.Cl3P.2H2S/c1-11(2)8-5-10(9-11)12(13)6-3-4-7-12;1-10(2)7-9-11(5-3-4-6-11)14-15(12)13(9)8-10;1-3-2;;1-4(2)3;;/h10,13H,3-9H2,1-2H3;9H,3-8H2,1-2H3;3H,1-2H3;1H4;;2*1H2/t10-;9-,15?;;;;;/m00...../s1. The first-order chi connectivity index (χ1) is 16.2. The molecule has 2 aliphatic heterocycles. The lowest BCUT2D eigenvalue weighted by Crippen LogP contribution is -2.39. The normalized spacial score (nSPS) is 30.8. The van der Waals surface area contributed by atoms with Crippen molar-refractivity contribution in [1.82, 2.24) is 9.99 Å². The lowest BCUT2D eigenvalue weighted by molar-refractivity contribution is -0.0133. The maximum absolute atomic E-state index is 10.4. The van der Waals surface area contributed by atoms with Crippen molar-refractivity contribution in [2.45, 2.75) is 129 Å². The van der Waals surface area contributed by atoms with Crippen molar-refractivity contribution in [2.75, 3.05) is 20.6 Å². The molecule has 0 bridgehead atoms. The predicted octanol–water partition coefficient (Wildman–Crippen LogP) is 10.6. The minimum atomic E-state index is -1.20. The number of hydrogen-bond acceptors (Lipinski definition) is 4. The highest BCUT2D eigenvalue weighted by atomic mass is 36.0. The number of hydrogen-bond donors (Lipinski definition) is 2. The summed E-state index contributed by atoms with van der Waals surface area (Å²) in [6.07, 6.45) is 14.8. The van der Waals surface area contributed by atoms with Crippen molar-refractivity contribution < 1.29 is 9.63 Å². The zero-order chi connectivity index (χ0) is 26.5. The van der Waals surface area contributed by atoms with Crippen molar-refractivity contribution in [3.05, 3.63) is 0 Å². The predicted molar refractivity (Wildman–Crippen MR) is 185 cm³/mol. The largest absolute Gasteiger partial charge is 0.390 e. The van der Waals surface area contributed by atoms with Gasteiger partial charge in [0.05, 0.1) is 11.2 Å². The van der Waals surface area contributed by atoms with E-state index >= 15 is 0 Å². The second kappa shape index (κ2) is 18.4. The second-order valence-electron chi connectivity index (χ2n) is 12.7. The summed E-state index contributed by atoms with van der Waals surface area (Å²) < 4.78 is 8.57. The van der Waals surface area contributed by atoms with Crippen LogP contribution in [0.1, 0.15) is 112 Å². The average molecular weight is 697 g/mol. The van der Waals surface area contributed by atoms with Crippen molar-refractivity contribution in [3.8, 4) is 0 Å². The van der Waals surface area contributed by atoms with Gasteiger partial charge < -0.3 is 14.9 Å². The van der Waals surface area contributed by atoms with Gasteiger partial charge >= 0.3 is 0 Å². The van der Waals surface area contributed by atoms with E-state index in [4.69, 9.17) is 49.5 Å². The molecule has 3 saturated carbocycles. The summed E-state index contributed by atoms with van der Waals surface area (Å²) >= 11 is 21.0. The highest BCUT2D eigenvalue weighted by molar-refractivity contribution is 8.20. The van der Waals surface area contributed by atoms with Crippen LogP contribution in [0, 0.1) is 16.7 Å². The molecule has 0 aromatic heterocycles. The molecule has 4 nitrogen and oxygen atoms in total. The Morgan fingerprint density at radius 2 is 1.32 bits per heavy atom. The molecular weight excluding hydrogens is 640 g/mol. The SMILES string of the molecule is C.CC1(C)CC[C@H](C2(O)CCCC2)C1.CC1(C)C[C@@H]2N(C1)P(Cl)OC21CCCC1.CNC.ClP(Cl)Cl.S.S. The maximum atomic E-state index is 10.4. The first-order valence-electron chi connectivity index (χ1n) is 13.2. The quantitative estimate of drug-likeness (QED) is 0.268. The average Bonchev–Trinajstić information content (AvgIpc) is 3.52. The minimum Gasteiger partial charge on any atom is -0.390 e. The molecule has 0 aromatic carbocycles. The Morgan fingerprint density at radius 1 is 0.868 bits per heavy atom. The molecule has 5 rings (SSSR count). The van der Waals surface area contributed by atoms with Crippen molar-refractivity contribution in [2.24, 2.45) is 16.7 Å². The van der Waals surface area contributed by atoms with E-state index in [1.807, 2.05) is 14.1 Å². The van der Waals surface area contributed by atoms with Crippen LogP contribution in [0.25, 0.3) is 0 Å². The van der Waals surface area contributed by atoms with Crippen LogP contribution in [0.5, 0.6) is 0 Å². The molecule has 3 atom stereocenters. The van der Waals surface area contributed by atoms with Crippen LogP contribution in [0.2, 0.25) is 0 Å². The molecule has 2 saturated heterocycles. The van der Waals surface area contributed by atoms with Gasteiger partial charge in [-0.15, -0.1) is 0 Å². The van der Waals surface area contributed by atoms with Crippen LogP contribution in [0.15, 0.2) is 0 Å². The lowest BCUT2D eigenvalue weighted by atomic mass is 9.81. The van der Waals surface area contributed by atoms with Gasteiger partial charge in [0.2, 0.25) is 7.65 Å². The Labute approximate surface area is 270 Å². The first kappa shape index (κ1) is 42.7. The molecule has 0 amide bonds. The van der Waals surface area contributed by atoms with E-state index in [0.717, 1.165) is 19.4 Å². The molecule has 38 heavy (non-hydrogen) atoms. The third kappa shape index (κ3) is 12.3. The van der Waals surface area contributed by atoms with E-state index in [1.54, 1.807) is 0 Å². The third-order valence-electron chi connectivity index (χ3n) is 8.41. The summed E-state index contributed by atoms with van der Waals surface area (Å²) in [5.74, 6) is -0.602. The van der Waals surface area contributed by atoms with Gasteiger partial charge in [0.15, 0.2) is 5.98 Å². The Hall–Kier alpha value is 2.56. The van der Waals surface area contributed by atoms with Gasteiger partial charge in [-0.25, -0.2) is 4.67 Å². The van der Waals surface area contributed by atoms with Gasteiger partial charge in [-0.3, -0.25) is 0 Å². The first-order valence-corrected chi connectivity index (χ1v) is 19.4. The number of aliphatic hydroxyl groups is 1. The van der Waals surface area contributed by atoms with E-state index in [-0.39, 0.29) is 45.6 Å². The van der Waals surface area contributed by atoms with Gasteiger partial charge in [-0.2, -0.15) is 27.0 Å². The molecule has 5 aliphatic rings. The molecule has 1 spiro atoms. The van der Waals surface area contributed by atoms with Crippen LogP contribution in [0.4, 0.5) is 0 Å². The highest BCUT2D eigenvalue weighted by Gasteiger charge is 2.59. The van der Waals surface area contributed by atoms with E-state index in [1.165, 1.54) is 64.2 Å². The fourth-order valence-electron chi connectivity index (χ4n) is 6.82. The van der Waals surface area contributed by atoms with Crippen LogP contribution < -0.4 is 5.32 Å². The summed E-state index contributed by atoms with van der Waals surface area (Å²) in [5, 5.41) is 13.2. The van der Waals surface area contributed by atoms with Crippen LogP contribution >= 0.6 is 85.6 Å². The molecule has 232 valence electrons. The Morgan fingerprint density at radius 3 is 1.74 bits per heavy atom. The van der Waals surface area contributed by atoms with Gasteiger partial charge in [0.25, 0.3) is 0 Å². The molecular formula is C26H56Cl4N2O2P2S2. The van der Waals surface area contributed by atoms with E-state index in [0.29, 0.717) is 22.8 Å². The number of rotatable bonds is 1. The molecule has 1 unspecified atom stereocenters. The van der Waals surface area contributed by atoms with Gasteiger partial charge in [0, 0.05) is 12.6 Å². The topological polar surface area (TPSA) is 44.7 Å². The Kier molecular flexibility index (Phi) is 20.7. The zero-order valence-electron chi connectivity index (χ0n) is 23.6. The Bertz CT molecular complexity index is 654. The smallest absolute Gasteiger partial charge is 0.207 e. The molecule has 2 N–H and O–H groups in total. The van der Waals surface area contributed by atoms with Crippen LogP contribution in [0.3, 0.4) is 0 Å². The number of nitrogens with one attached hydrogen (secondary N) is 1. The monoisotopic (exact) mass is 694 g/mol. The van der Waals surface area contributed by atoms with Gasteiger partial charge in [0.1, 0.15) is 0 Å². The highest BCUT2D eigenvalue weighted by Crippen LogP contribution is 2.67. The molecule has 5 fully saturated rings. The number of nitrogens with zero attached hydrogens (tertiary/aromatic N) is 1. The third-order valence-corrected chi connectivity index (χ3v) is 10.5. The molecule has 3 aliphatic carbocycles. The minimum absolute atomic E-state index is 0. The van der Waals surface area contributed by atoms with E-state index in [2.05, 4.69) is 37.7 Å². The zero-order valence-corrected chi connectivity index (χ0v) is 30.4. The lowest BCUT2D eigenvalue weighted by Gasteiger charge is -2.30. The molecule has 0 aromatic rings. The molecule has 0 radical (unpaired) electrons. The summed E-state index contributed by atoms with van der Waals surface area (Å²) in [6, 6.07) is 0.610. The maximum Gasteiger partial charge on any atom is 0.207 e. The van der Waals surface area contributed by atoms with Gasteiger partial charge in [-0.1, -0.05) is 94.5 Å². The fourth-order valence-corrected chi connectivity index (χ4v) is 9.42. The summed E-state index contributed by atoms with van der Waals surface area (Å²) in [7, 11) is 2.93. The van der Waals surface area contributed by atoms with Crippen LogP contribution in [-0.4, -0.2) is 47.7 Å². The fraction of sp³-hybridized carbons (Fsp3) is 1.00. The van der Waals surface area contributed by atoms with E-state index in [9.17, 15) is 5.11 Å². The van der Waals surface area contributed by atoms with Crippen molar-refractivity contribution >= 4 is 85.6 Å². The summed E-state index contributed by atoms with van der Waals surface area (Å²) in [5.41, 5.74) is 0.789. The van der Waals surface area contributed by atoms with Crippen LogP contribution in [-0.2, 0) is 4.52 Å². The van der Waals surface area contributed by atoms with Gasteiger partial charge in [-0.05, 0) is 93.5 Å². The van der Waals surface area contributed by atoms with Crippen molar-refractivity contribution in [1.29, 1.82) is 0 Å². The Balaban J connectivity index is 0. The number of fused-ring (bicyclic) bond motifs is 2. The van der Waals surface area contributed by atoms with E-state index < -0.39 is 13.6 Å². The summed E-state index contributed by atoms with van der Waals surface area (Å²) in [6.45, 7) is 10.5. The molecule has 2 heterocycles.